The molecule has 1 aromatic carbocycles. The smallest absolute Gasteiger partial charge is 0.459 e. The van der Waals surface area contributed by atoms with Gasteiger partial charge in [-0.2, -0.15) is 13.2 Å². The van der Waals surface area contributed by atoms with Crippen LogP contribution in [-0.4, -0.2) is 85.2 Å². The highest BCUT2D eigenvalue weighted by atomic mass is 19.4. The van der Waals surface area contributed by atoms with Gasteiger partial charge in [0.05, 0.1) is 6.54 Å². The minimum absolute atomic E-state index is 0.00343. The molecule has 11 heteroatoms. The molecule has 0 radical (unpaired) electrons. The van der Waals surface area contributed by atoms with E-state index in [1.54, 1.807) is 24.3 Å². The van der Waals surface area contributed by atoms with Gasteiger partial charge in [0.25, 0.3) is 0 Å². The zero-order valence-electron chi connectivity index (χ0n) is 20.4. The highest BCUT2D eigenvalue weighted by molar-refractivity contribution is 5.92. The second-order valence-corrected chi connectivity index (χ2v) is 9.95. The lowest BCUT2D eigenvalue weighted by molar-refractivity contribution is -0.185. The Morgan fingerprint density at radius 1 is 0.943 bits per heavy atom. The fourth-order valence-electron chi connectivity index (χ4n) is 4.26. The molecule has 2 amide bonds. The molecular weight excluding hydrogens is 465 g/mol. The molecular formula is C24H33F3N4O4. The Kier molecular flexibility index (Phi) is 8.30. The number of anilines is 2. The molecule has 35 heavy (non-hydrogen) atoms. The fraction of sp³-hybridized carbons (Fsp3) is 0.625. The highest BCUT2D eigenvalue weighted by Crippen LogP contribution is 2.24. The normalized spacial score (nSPS) is 18.3. The number of hydrogen-bond donors (Lipinski definition) is 1. The van der Waals surface area contributed by atoms with E-state index in [0.29, 0.717) is 44.7 Å². The quantitative estimate of drug-likeness (QED) is 0.629. The Hall–Kier alpha value is -2.82. The summed E-state index contributed by atoms with van der Waals surface area (Å²) in [4.78, 5) is 40.8. The van der Waals surface area contributed by atoms with E-state index < -0.39 is 17.7 Å². The van der Waals surface area contributed by atoms with Gasteiger partial charge in [0.1, 0.15) is 5.60 Å². The van der Waals surface area contributed by atoms with Crippen LogP contribution in [0.5, 0.6) is 0 Å². The Balaban J connectivity index is 1.43. The first kappa shape index (κ1) is 26.8. The number of esters is 1. The number of piperidine rings is 1. The zero-order valence-corrected chi connectivity index (χ0v) is 20.4. The van der Waals surface area contributed by atoms with Crippen LogP contribution in [0.25, 0.3) is 0 Å². The van der Waals surface area contributed by atoms with Crippen LogP contribution in [0.2, 0.25) is 0 Å². The predicted molar refractivity (Wildman–Crippen MR) is 125 cm³/mol. The van der Waals surface area contributed by atoms with Crippen LogP contribution in [0.1, 0.15) is 33.6 Å². The van der Waals surface area contributed by atoms with Gasteiger partial charge < -0.3 is 19.9 Å². The minimum Gasteiger partial charge on any atom is -0.459 e. The number of nitrogens with one attached hydrogen (secondary N) is 1. The molecule has 1 aromatic rings. The van der Waals surface area contributed by atoms with E-state index in [9.17, 15) is 27.6 Å². The number of amides is 2. The molecule has 2 aliphatic rings. The van der Waals surface area contributed by atoms with Crippen LogP contribution < -0.4 is 10.2 Å². The van der Waals surface area contributed by atoms with Crippen molar-refractivity contribution in [3.8, 4) is 0 Å². The molecule has 0 spiro atoms. The van der Waals surface area contributed by atoms with Gasteiger partial charge in [-0.25, -0.2) is 0 Å². The second-order valence-electron chi connectivity index (χ2n) is 9.95. The van der Waals surface area contributed by atoms with Crippen LogP contribution >= 0.6 is 0 Å². The van der Waals surface area contributed by atoms with Gasteiger partial charge in [-0.1, -0.05) is 0 Å². The summed E-state index contributed by atoms with van der Waals surface area (Å²) in [6.07, 6.45) is -3.56. The number of hydrogen-bond acceptors (Lipinski definition) is 6. The molecule has 0 saturated carbocycles. The van der Waals surface area contributed by atoms with Gasteiger partial charge in [0.15, 0.2) is 0 Å². The maximum absolute atomic E-state index is 12.7. The lowest BCUT2D eigenvalue weighted by Gasteiger charge is -2.36. The number of carbonyl (C=O) groups excluding carboxylic acids is 3. The fourth-order valence-corrected chi connectivity index (χ4v) is 4.26. The lowest BCUT2D eigenvalue weighted by Crippen LogP contribution is -2.52. The van der Waals surface area contributed by atoms with Crippen molar-refractivity contribution >= 4 is 29.2 Å². The monoisotopic (exact) mass is 498 g/mol. The molecule has 3 rings (SSSR count). The molecule has 2 fully saturated rings. The van der Waals surface area contributed by atoms with Crippen LogP contribution in [0.4, 0.5) is 24.5 Å². The van der Waals surface area contributed by atoms with E-state index in [-0.39, 0.29) is 37.4 Å². The van der Waals surface area contributed by atoms with Gasteiger partial charge in [0, 0.05) is 43.5 Å². The zero-order chi connectivity index (χ0) is 25.8. The van der Waals surface area contributed by atoms with Gasteiger partial charge in [-0.15, -0.1) is 0 Å². The molecule has 0 aromatic heterocycles. The standard InChI is InChI=1S/C24H33F3N4O4/c1-23(2,3)35-20(32)16-29-10-8-17(9-11-29)21(33)28-18-4-6-19(7-5-18)30-12-14-31(15-13-30)22(34)24(25,26)27/h4-7,17H,8-16H2,1-3H3,(H,28,33). The summed E-state index contributed by atoms with van der Waals surface area (Å²) in [6.45, 7) is 7.58. The molecule has 8 nitrogen and oxygen atoms in total. The summed E-state index contributed by atoms with van der Waals surface area (Å²) < 4.78 is 43.1. The first-order valence-corrected chi connectivity index (χ1v) is 11.8. The van der Waals surface area contributed by atoms with Gasteiger partial charge in [0.2, 0.25) is 5.91 Å². The van der Waals surface area contributed by atoms with Crippen molar-refractivity contribution in [2.45, 2.75) is 45.4 Å². The van der Waals surface area contributed by atoms with Crippen LogP contribution in [0.3, 0.4) is 0 Å². The number of rotatable bonds is 5. The van der Waals surface area contributed by atoms with E-state index in [2.05, 4.69) is 5.32 Å². The van der Waals surface area contributed by atoms with E-state index >= 15 is 0 Å². The average molecular weight is 499 g/mol. The molecule has 2 saturated heterocycles. The summed E-state index contributed by atoms with van der Waals surface area (Å²) in [5, 5.41) is 2.92. The van der Waals surface area contributed by atoms with Crippen LogP contribution in [0.15, 0.2) is 24.3 Å². The molecule has 1 N–H and O–H groups in total. The minimum atomic E-state index is -4.85. The molecule has 2 aliphatic heterocycles. The Labute approximate surface area is 203 Å². The average Bonchev–Trinajstić information content (AvgIpc) is 2.78. The molecule has 194 valence electrons. The van der Waals surface area contributed by atoms with E-state index in [0.717, 1.165) is 10.6 Å². The first-order chi connectivity index (χ1) is 16.3. The maximum Gasteiger partial charge on any atom is 0.471 e. The van der Waals surface area contributed by atoms with Crippen molar-refractivity contribution in [3.05, 3.63) is 24.3 Å². The lowest BCUT2D eigenvalue weighted by atomic mass is 9.96. The molecule has 0 bridgehead atoms. The van der Waals surface area contributed by atoms with Crippen molar-refractivity contribution in [1.29, 1.82) is 0 Å². The van der Waals surface area contributed by atoms with Crippen molar-refractivity contribution < 1.29 is 32.3 Å². The van der Waals surface area contributed by atoms with Crippen molar-refractivity contribution in [2.75, 3.05) is 56.0 Å². The number of ether oxygens (including phenoxy) is 1. The van der Waals surface area contributed by atoms with Crippen LogP contribution in [-0.2, 0) is 19.1 Å². The van der Waals surface area contributed by atoms with Gasteiger partial charge >= 0.3 is 18.1 Å². The first-order valence-electron chi connectivity index (χ1n) is 11.8. The van der Waals surface area contributed by atoms with E-state index in [4.69, 9.17) is 4.74 Å². The number of alkyl halides is 3. The van der Waals surface area contributed by atoms with Crippen molar-refractivity contribution in [2.24, 2.45) is 5.92 Å². The summed E-state index contributed by atoms with van der Waals surface area (Å²) >= 11 is 0. The third kappa shape index (κ3) is 7.84. The van der Waals surface area contributed by atoms with E-state index in [1.807, 2.05) is 30.6 Å². The molecule has 0 unspecified atom stereocenters. The summed E-state index contributed by atoms with van der Waals surface area (Å²) in [6, 6.07) is 7.14. The highest BCUT2D eigenvalue weighted by Gasteiger charge is 2.43. The predicted octanol–water partition coefficient (Wildman–Crippen LogP) is 2.89. The summed E-state index contributed by atoms with van der Waals surface area (Å²) in [5.74, 6) is -2.29. The SMILES string of the molecule is CC(C)(C)OC(=O)CN1CCC(C(=O)Nc2ccc(N3CCN(C(=O)C(F)(F)F)CC3)cc2)CC1. The Bertz CT molecular complexity index is 899. The van der Waals surface area contributed by atoms with Crippen LogP contribution in [0, 0.1) is 5.92 Å². The number of nitrogens with zero attached hydrogens (tertiary/aromatic N) is 3. The molecule has 0 atom stereocenters. The Morgan fingerprint density at radius 2 is 1.51 bits per heavy atom. The molecule has 2 heterocycles. The summed E-state index contributed by atoms with van der Waals surface area (Å²) in [5.41, 5.74) is 0.934. The topological polar surface area (TPSA) is 82.2 Å². The summed E-state index contributed by atoms with van der Waals surface area (Å²) in [7, 11) is 0. The largest absolute Gasteiger partial charge is 0.471 e. The Morgan fingerprint density at radius 3 is 2.03 bits per heavy atom. The third-order valence-electron chi connectivity index (χ3n) is 6.04. The molecule has 0 aliphatic carbocycles. The van der Waals surface area contributed by atoms with Gasteiger partial charge in [-0.05, 0) is 71.0 Å². The van der Waals surface area contributed by atoms with Crippen molar-refractivity contribution in [3.63, 3.8) is 0 Å². The maximum atomic E-state index is 12.7. The van der Waals surface area contributed by atoms with E-state index in [1.165, 1.54) is 0 Å². The number of carbonyl (C=O) groups is 3. The number of halogens is 3. The number of benzene rings is 1. The van der Waals surface area contributed by atoms with Gasteiger partial charge in [-0.3, -0.25) is 19.3 Å². The van der Waals surface area contributed by atoms with Crippen molar-refractivity contribution in [1.82, 2.24) is 9.80 Å². The number of piperazine rings is 1. The third-order valence-corrected chi connectivity index (χ3v) is 6.04. The second kappa shape index (κ2) is 10.8. The number of likely N-dealkylation sites (tertiary alicyclic amines) is 1.